The average molecular weight is 579 g/mol. The highest BCUT2D eigenvalue weighted by Gasteiger charge is 2.38. The Kier molecular flexibility index (Phi) is 10.9. The maximum atomic E-state index is 12.8. The van der Waals surface area contributed by atoms with Gasteiger partial charge < -0.3 is 20.3 Å². The first-order valence-electron chi connectivity index (χ1n) is 11.2. The summed E-state index contributed by atoms with van der Waals surface area (Å²) in [5.41, 5.74) is 3.00. The predicted octanol–water partition coefficient (Wildman–Crippen LogP) is 3.39. The van der Waals surface area contributed by atoms with Gasteiger partial charge in [-0.15, -0.1) is 0 Å². The second-order valence-electron chi connectivity index (χ2n) is 7.96. The van der Waals surface area contributed by atoms with E-state index in [1.54, 1.807) is 12.3 Å². The normalized spacial score (nSPS) is 13.9. The Hall–Kier alpha value is -4.25. The molecule has 1 saturated heterocycles. The molecule has 0 radical (unpaired) electrons. The van der Waals surface area contributed by atoms with Gasteiger partial charge in [0.25, 0.3) is 5.91 Å². The number of alkyl halides is 6. The van der Waals surface area contributed by atoms with Crippen molar-refractivity contribution in [2.45, 2.75) is 25.8 Å². The number of fused-ring (bicyclic) bond motifs is 1. The third-order valence-corrected chi connectivity index (χ3v) is 5.01. The lowest BCUT2D eigenvalue weighted by molar-refractivity contribution is -0.193. The molecule has 1 aliphatic heterocycles. The molecule has 3 N–H and O–H groups in total. The van der Waals surface area contributed by atoms with E-state index in [0.717, 1.165) is 43.1 Å². The van der Waals surface area contributed by atoms with Crippen LogP contribution in [0.25, 0.3) is 5.52 Å². The van der Waals surface area contributed by atoms with Crippen LogP contribution in [-0.4, -0.2) is 86.0 Å². The number of aromatic nitrogens is 3. The molecule has 0 aromatic carbocycles. The molecule has 0 bridgehead atoms. The Bertz CT molecular complexity index is 1280. The predicted molar refractivity (Wildman–Crippen MR) is 126 cm³/mol. The molecular weight excluding hydrogens is 556 g/mol. The fourth-order valence-corrected chi connectivity index (χ4v) is 3.25. The maximum absolute atomic E-state index is 12.8. The van der Waals surface area contributed by atoms with Gasteiger partial charge in [-0.3, -0.25) is 14.1 Å². The lowest BCUT2D eigenvalue weighted by Gasteiger charge is -2.25. The highest BCUT2D eigenvalue weighted by Crippen LogP contribution is 2.20. The molecule has 0 unspecified atom stereocenters. The van der Waals surface area contributed by atoms with Gasteiger partial charge in [-0.05, 0) is 30.7 Å². The summed E-state index contributed by atoms with van der Waals surface area (Å²) in [4.78, 5) is 41.7. The summed E-state index contributed by atoms with van der Waals surface area (Å²) < 4.78 is 70.8. The van der Waals surface area contributed by atoms with Crippen LogP contribution < -0.4 is 5.32 Å². The van der Waals surface area contributed by atoms with E-state index >= 15 is 0 Å². The van der Waals surface area contributed by atoms with Crippen molar-refractivity contribution >= 4 is 29.2 Å². The minimum atomic E-state index is -5.08. The summed E-state index contributed by atoms with van der Waals surface area (Å²) in [6, 6.07) is 9.37. The quantitative estimate of drug-likeness (QED) is 0.396. The topological polar surface area (TPSA) is 146 Å². The number of carbonyl (C=O) groups excluding carboxylic acids is 1. The van der Waals surface area contributed by atoms with Crippen LogP contribution in [0.15, 0.2) is 42.7 Å². The Labute approximate surface area is 222 Å². The van der Waals surface area contributed by atoms with E-state index in [-0.39, 0.29) is 5.91 Å². The van der Waals surface area contributed by atoms with Crippen LogP contribution in [0, 0.1) is 6.92 Å². The van der Waals surface area contributed by atoms with Crippen molar-refractivity contribution < 1.29 is 55.7 Å². The Balaban J connectivity index is 0.000000333. The van der Waals surface area contributed by atoms with Crippen molar-refractivity contribution in [3.8, 4) is 0 Å². The minimum Gasteiger partial charge on any atom is -0.475 e. The van der Waals surface area contributed by atoms with E-state index in [1.807, 2.05) is 41.8 Å². The maximum Gasteiger partial charge on any atom is 0.490 e. The Morgan fingerprint density at radius 3 is 2.05 bits per heavy atom. The lowest BCUT2D eigenvalue weighted by Crippen LogP contribution is -2.35. The van der Waals surface area contributed by atoms with E-state index in [0.29, 0.717) is 18.2 Å². The summed E-state index contributed by atoms with van der Waals surface area (Å²) in [6.45, 7) is 5.96. The van der Waals surface area contributed by atoms with Crippen molar-refractivity contribution in [1.82, 2.24) is 19.3 Å². The number of anilines is 1. The number of hydrogen-bond acceptors (Lipinski definition) is 7. The molecule has 4 rings (SSSR count). The van der Waals surface area contributed by atoms with Gasteiger partial charge in [-0.1, -0.05) is 12.1 Å². The summed E-state index contributed by atoms with van der Waals surface area (Å²) in [5.74, 6) is -4.90. The molecule has 0 spiro atoms. The average Bonchev–Trinajstić information content (AvgIpc) is 3.24. The van der Waals surface area contributed by atoms with Gasteiger partial charge in [-0.25, -0.2) is 19.6 Å². The van der Waals surface area contributed by atoms with E-state index in [4.69, 9.17) is 24.5 Å². The number of hydrogen-bond donors (Lipinski definition) is 3. The zero-order valence-corrected chi connectivity index (χ0v) is 20.7. The number of aliphatic carboxylic acids is 2. The zero-order valence-electron chi connectivity index (χ0n) is 20.7. The SMILES string of the molecule is Cc1cccn2c(C(=O)Nc3ccccn3)nc(CN3CCOCC3)c12.O=C(O)C(F)(F)F.O=C(O)C(F)(F)F. The molecule has 11 nitrogen and oxygen atoms in total. The van der Waals surface area contributed by atoms with Crippen LogP contribution in [-0.2, 0) is 20.9 Å². The number of pyridine rings is 2. The summed E-state index contributed by atoms with van der Waals surface area (Å²) in [6.07, 6.45) is -6.64. The molecule has 1 amide bonds. The van der Waals surface area contributed by atoms with Crippen LogP contribution in [0.3, 0.4) is 0 Å². The van der Waals surface area contributed by atoms with Gasteiger partial charge in [-0.2, -0.15) is 26.3 Å². The minimum absolute atomic E-state index is 0.266. The molecule has 1 aliphatic rings. The number of carbonyl (C=O) groups is 3. The van der Waals surface area contributed by atoms with Gasteiger partial charge in [0, 0.05) is 32.0 Å². The number of morpholine rings is 1. The molecular formula is C23H23F6N5O6. The Morgan fingerprint density at radius 1 is 0.975 bits per heavy atom. The van der Waals surface area contributed by atoms with Gasteiger partial charge in [0.2, 0.25) is 5.82 Å². The number of imidazole rings is 1. The van der Waals surface area contributed by atoms with Crippen molar-refractivity contribution in [1.29, 1.82) is 0 Å². The first-order chi connectivity index (χ1) is 18.6. The highest BCUT2D eigenvalue weighted by molar-refractivity contribution is 6.02. The molecule has 3 aromatic rings. The zero-order chi connectivity index (χ0) is 30.1. The standard InChI is InChI=1S/C19H21N5O2.2C2HF3O2/c1-14-5-4-8-24-17(14)15(13-23-9-11-26-12-10-23)21-18(24)19(25)22-16-6-2-3-7-20-16;2*3-2(4,5)1(6)7/h2-8H,9-13H2,1H3,(H,20,22,25);2*(H,6,7). The number of nitrogens with zero attached hydrogens (tertiary/aromatic N) is 4. The molecule has 4 heterocycles. The fraction of sp³-hybridized carbons (Fsp3) is 0.348. The largest absolute Gasteiger partial charge is 0.490 e. The molecule has 0 saturated carbocycles. The lowest BCUT2D eigenvalue weighted by atomic mass is 10.2. The Morgan fingerprint density at radius 2 is 1.55 bits per heavy atom. The van der Waals surface area contributed by atoms with Gasteiger partial charge >= 0.3 is 24.3 Å². The van der Waals surface area contributed by atoms with Crippen LogP contribution in [0.2, 0.25) is 0 Å². The molecule has 17 heteroatoms. The number of amides is 1. The van der Waals surface area contributed by atoms with Crippen molar-refractivity contribution in [2.24, 2.45) is 0 Å². The van der Waals surface area contributed by atoms with E-state index < -0.39 is 24.3 Å². The van der Waals surface area contributed by atoms with Gasteiger partial charge in [0.05, 0.1) is 24.4 Å². The number of nitrogens with one attached hydrogen (secondary N) is 1. The van der Waals surface area contributed by atoms with Crippen molar-refractivity contribution in [3.63, 3.8) is 0 Å². The second kappa shape index (κ2) is 13.7. The molecule has 218 valence electrons. The van der Waals surface area contributed by atoms with Crippen molar-refractivity contribution in [2.75, 3.05) is 31.6 Å². The van der Waals surface area contributed by atoms with Gasteiger partial charge in [0.15, 0.2) is 0 Å². The smallest absolute Gasteiger partial charge is 0.475 e. The van der Waals surface area contributed by atoms with Crippen molar-refractivity contribution in [3.05, 3.63) is 59.8 Å². The number of carboxylic acids is 2. The van der Waals surface area contributed by atoms with Crippen LogP contribution >= 0.6 is 0 Å². The number of halogens is 6. The van der Waals surface area contributed by atoms with E-state index in [9.17, 15) is 31.1 Å². The first-order valence-corrected chi connectivity index (χ1v) is 11.2. The number of carboxylic acid groups (broad SMARTS) is 2. The summed E-state index contributed by atoms with van der Waals surface area (Å²) in [7, 11) is 0. The van der Waals surface area contributed by atoms with Crippen LogP contribution in [0.4, 0.5) is 32.2 Å². The molecule has 3 aromatic heterocycles. The molecule has 40 heavy (non-hydrogen) atoms. The first kappa shape index (κ1) is 32.0. The monoisotopic (exact) mass is 579 g/mol. The van der Waals surface area contributed by atoms with Crippen LogP contribution in [0.1, 0.15) is 21.9 Å². The highest BCUT2D eigenvalue weighted by atomic mass is 19.4. The summed E-state index contributed by atoms with van der Waals surface area (Å²) >= 11 is 0. The summed E-state index contributed by atoms with van der Waals surface area (Å²) in [5, 5.41) is 17.1. The number of ether oxygens (including phenoxy) is 1. The third kappa shape index (κ3) is 9.49. The molecule has 0 atom stereocenters. The van der Waals surface area contributed by atoms with E-state index in [2.05, 4.69) is 20.2 Å². The molecule has 1 fully saturated rings. The second-order valence-corrected chi connectivity index (χ2v) is 7.96. The van der Waals surface area contributed by atoms with Crippen LogP contribution in [0.5, 0.6) is 0 Å². The number of aryl methyl sites for hydroxylation is 1. The van der Waals surface area contributed by atoms with E-state index in [1.165, 1.54) is 0 Å². The van der Waals surface area contributed by atoms with Gasteiger partial charge in [0.1, 0.15) is 5.82 Å². The third-order valence-electron chi connectivity index (χ3n) is 5.01. The number of rotatable bonds is 4. The molecule has 0 aliphatic carbocycles. The fourth-order valence-electron chi connectivity index (χ4n) is 3.25.